The van der Waals surface area contributed by atoms with Crippen LogP contribution in [0.25, 0.3) is 0 Å². The lowest BCUT2D eigenvalue weighted by molar-refractivity contribution is -0.141. The van der Waals surface area contributed by atoms with Crippen LogP contribution < -0.4 is 9.47 Å². The van der Waals surface area contributed by atoms with Crippen LogP contribution in [0.5, 0.6) is 11.5 Å². The molecule has 0 saturated carbocycles. The Kier molecular flexibility index (Phi) is 5.41. The van der Waals surface area contributed by atoms with E-state index in [1.165, 1.54) is 0 Å². The highest BCUT2D eigenvalue weighted by Gasteiger charge is 2.24. The number of carbonyl (C=O) groups excluding carboxylic acids is 1. The Balaban J connectivity index is 1.49. The summed E-state index contributed by atoms with van der Waals surface area (Å²) >= 11 is 0. The van der Waals surface area contributed by atoms with E-state index in [0.29, 0.717) is 36.6 Å². The Morgan fingerprint density at radius 3 is 2.69 bits per heavy atom. The minimum atomic E-state index is -0.805. The second-order valence-electron chi connectivity index (χ2n) is 6.27. The number of carboxylic acids is 1. The van der Waals surface area contributed by atoms with E-state index < -0.39 is 11.9 Å². The van der Waals surface area contributed by atoms with Gasteiger partial charge in [-0.05, 0) is 36.2 Å². The van der Waals surface area contributed by atoms with Gasteiger partial charge in [0.15, 0.2) is 6.73 Å². The normalized spacial score (nSPS) is 14.3. The fourth-order valence-electron chi connectivity index (χ4n) is 2.75. The van der Waals surface area contributed by atoms with E-state index in [4.69, 9.17) is 14.6 Å². The fraction of sp³-hybridized carbons (Fsp3) is 0.300. The van der Waals surface area contributed by atoms with E-state index in [-0.39, 0.29) is 12.6 Å². The topological polar surface area (TPSA) is 76.1 Å². The Hall–Kier alpha value is -3.02. The molecular weight excluding hydrogens is 334 g/mol. The average molecular weight is 355 g/mol. The molecular formula is C20H21NO5. The van der Waals surface area contributed by atoms with Crippen molar-refractivity contribution < 1.29 is 24.2 Å². The maximum absolute atomic E-state index is 12.4. The van der Waals surface area contributed by atoms with Crippen molar-refractivity contribution in [2.24, 2.45) is 5.92 Å². The summed E-state index contributed by atoms with van der Waals surface area (Å²) in [6, 6.07) is 14.5. The van der Waals surface area contributed by atoms with Crippen LogP contribution in [-0.4, -0.2) is 41.8 Å². The molecule has 3 rings (SSSR count). The number of fused-ring (bicyclic) bond motifs is 1. The van der Waals surface area contributed by atoms with Gasteiger partial charge in [-0.3, -0.25) is 9.59 Å². The largest absolute Gasteiger partial charge is 0.492 e. The number of benzene rings is 2. The number of para-hydroxylation sites is 1. The summed E-state index contributed by atoms with van der Waals surface area (Å²) in [7, 11) is 0. The molecule has 1 atom stereocenters. The molecule has 1 N–H and O–H groups in total. The number of amides is 1. The third-order valence-electron chi connectivity index (χ3n) is 4.30. The Labute approximate surface area is 152 Å². The van der Waals surface area contributed by atoms with Gasteiger partial charge in [-0.25, -0.2) is 0 Å². The Morgan fingerprint density at radius 2 is 1.96 bits per heavy atom. The maximum Gasteiger partial charge on any atom is 0.306 e. The molecule has 0 aliphatic carbocycles. The molecule has 1 aliphatic rings. The summed E-state index contributed by atoms with van der Waals surface area (Å²) in [5.74, 6) is 0.00638. The standard InChI is InChI=1S/C20H21NO5/c1-14(20(23)24)12-15-6-8-16(9-7-15)25-11-10-21-13-26-18-5-3-2-4-17(18)19(21)22/h2-9,14H,10-13H2,1H3,(H,23,24)/t14-/m1/s1. The molecule has 1 heterocycles. The van der Waals surface area contributed by atoms with Crippen LogP contribution >= 0.6 is 0 Å². The lowest BCUT2D eigenvalue weighted by Gasteiger charge is -2.28. The second kappa shape index (κ2) is 7.91. The van der Waals surface area contributed by atoms with Crippen molar-refractivity contribution >= 4 is 11.9 Å². The third-order valence-corrected chi connectivity index (χ3v) is 4.30. The molecule has 0 bridgehead atoms. The van der Waals surface area contributed by atoms with E-state index in [1.807, 2.05) is 36.4 Å². The van der Waals surface area contributed by atoms with Crippen LogP contribution in [0.2, 0.25) is 0 Å². The summed E-state index contributed by atoms with van der Waals surface area (Å²) < 4.78 is 11.3. The molecule has 2 aromatic rings. The van der Waals surface area contributed by atoms with Crippen molar-refractivity contribution in [2.75, 3.05) is 19.9 Å². The first-order valence-electron chi connectivity index (χ1n) is 8.50. The predicted molar refractivity (Wildman–Crippen MR) is 95.4 cm³/mol. The molecule has 26 heavy (non-hydrogen) atoms. The molecule has 0 unspecified atom stereocenters. The van der Waals surface area contributed by atoms with Crippen molar-refractivity contribution in [3.05, 3.63) is 59.7 Å². The molecule has 1 aliphatic heterocycles. The lowest BCUT2D eigenvalue weighted by atomic mass is 10.0. The quantitative estimate of drug-likeness (QED) is 0.826. The average Bonchev–Trinajstić information content (AvgIpc) is 2.65. The number of aliphatic carboxylic acids is 1. The molecule has 0 saturated heterocycles. The summed E-state index contributed by atoms with van der Waals surface area (Å²) in [6.45, 7) is 2.67. The van der Waals surface area contributed by atoms with E-state index in [0.717, 1.165) is 5.56 Å². The maximum atomic E-state index is 12.4. The minimum absolute atomic E-state index is 0.0616. The van der Waals surface area contributed by atoms with E-state index in [1.54, 1.807) is 24.0 Å². The van der Waals surface area contributed by atoms with Crippen LogP contribution in [0.3, 0.4) is 0 Å². The van der Waals surface area contributed by atoms with Gasteiger partial charge in [-0.15, -0.1) is 0 Å². The van der Waals surface area contributed by atoms with Gasteiger partial charge >= 0.3 is 5.97 Å². The monoisotopic (exact) mass is 355 g/mol. The molecule has 1 amide bonds. The van der Waals surface area contributed by atoms with Crippen LogP contribution in [0.1, 0.15) is 22.8 Å². The minimum Gasteiger partial charge on any atom is -0.492 e. The van der Waals surface area contributed by atoms with Gasteiger partial charge in [-0.2, -0.15) is 0 Å². The molecule has 6 nitrogen and oxygen atoms in total. The zero-order chi connectivity index (χ0) is 18.5. The van der Waals surface area contributed by atoms with Crippen molar-refractivity contribution in [1.82, 2.24) is 4.90 Å². The van der Waals surface area contributed by atoms with Gasteiger partial charge in [-0.1, -0.05) is 31.2 Å². The number of rotatable bonds is 7. The summed E-state index contributed by atoms with van der Waals surface area (Å²) in [5, 5.41) is 8.95. The lowest BCUT2D eigenvalue weighted by Crippen LogP contribution is -2.40. The fourth-order valence-corrected chi connectivity index (χ4v) is 2.75. The molecule has 136 valence electrons. The summed E-state index contributed by atoms with van der Waals surface area (Å²) in [5.41, 5.74) is 1.51. The molecule has 2 aromatic carbocycles. The third kappa shape index (κ3) is 4.14. The molecule has 0 aromatic heterocycles. The highest BCUT2D eigenvalue weighted by atomic mass is 16.5. The highest BCUT2D eigenvalue weighted by Crippen LogP contribution is 2.24. The number of hydrogen-bond acceptors (Lipinski definition) is 4. The number of carbonyl (C=O) groups is 2. The smallest absolute Gasteiger partial charge is 0.306 e. The second-order valence-corrected chi connectivity index (χ2v) is 6.27. The number of ether oxygens (including phenoxy) is 2. The molecule has 6 heteroatoms. The first-order valence-corrected chi connectivity index (χ1v) is 8.50. The molecule has 0 fully saturated rings. The van der Waals surface area contributed by atoms with Gasteiger partial charge in [0, 0.05) is 0 Å². The Morgan fingerprint density at radius 1 is 1.23 bits per heavy atom. The van der Waals surface area contributed by atoms with Crippen LogP contribution in [0.4, 0.5) is 0 Å². The number of nitrogens with zero attached hydrogens (tertiary/aromatic N) is 1. The van der Waals surface area contributed by atoms with E-state index in [9.17, 15) is 9.59 Å². The Bertz CT molecular complexity index is 787. The van der Waals surface area contributed by atoms with Crippen LogP contribution in [0.15, 0.2) is 48.5 Å². The molecule has 0 radical (unpaired) electrons. The van der Waals surface area contributed by atoms with Crippen molar-refractivity contribution in [1.29, 1.82) is 0 Å². The van der Waals surface area contributed by atoms with Gasteiger partial charge in [0.25, 0.3) is 5.91 Å². The first-order chi connectivity index (χ1) is 12.5. The van der Waals surface area contributed by atoms with E-state index in [2.05, 4.69) is 0 Å². The van der Waals surface area contributed by atoms with Gasteiger partial charge in [0.1, 0.15) is 18.1 Å². The molecule has 0 spiro atoms. The first kappa shape index (κ1) is 17.8. The number of carboxylic acid groups (broad SMARTS) is 1. The van der Waals surface area contributed by atoms with Gasteiger partial charge < -0.3 is 19.5 Å². The van der Waals surface area contributed by atoms with Gasteiger partial charge in [0.2, 0.25) is 0 Å². The highest BCUT2D eigenvalue weighted by molar-refractivity contribution is 5.97. The zero-order valence-electron chi connectivity index (χ0n) is 14.6. The van der Waals surface area contributed by atoms with Crippen molar-refractivity contribution in [3.8, 4) is 11.5 Å². The van der Waals surface area contributed by atoms with Crippen molar-refractivity contribution in [2.45, 2.75) is 13.3 Å². The summed E-state index contributed by atoms with van der Waals surface area (Å²) in [6.07, 6.45) is 0.481. The predicted octanol–water partition coefficient (Wildman–Crippen LogP) is 2.82. The van der Waals surface area contributed by atoms with Crippen molar-refractivity contribution in [3.63, 3.8) is 0 Å². The van der Waals surface area contributed by atoms with Gasteiger partial charge in [0.05, 0.1) is 18.0 Å². The summed E-state index contributed by atoms with van der Waals surface area (Å²) in [4.78, 5) is 24.9. The van der Waals surface area contributed by atoms with Crippen LogP contribution in [0, 0.1) is 5.92 Å². The van der Waals surface area contributed by atoms with Crippen LogP contribution in [-0.2, 0) is 11.2 Å². The zero-order valence-corrected chi connectivity index (χ0v) is 14.6. The SMILES string of the molecule is C[C@H](Cc1ccc(OCCN2COc3ccccc3C2=O)cc1)C(=O)O. The number of hydrogen-bond donors (Lipinski definition) is 1. The van der Waals surface area contributed by atoms with E-state index >= 15 is 0 Å².